The lowest BCUT2D eigenvalue weighted by molar-refractivity contribution is 0.306. The van der Waals surface area contributed by atoms with E-state index in [0.717, 1.165) is 5.92 Å². The van der Waals surface area contributed by atoms with Gasteiger partial charge in [0.25, 0.3) is 0 Å². The molecule has 0 amide bonds. The molecule has 0 fully saturated rings. The molecule has 0 saturated heterocycles. The molecule has 0 aliphatic carbocycles. The molecular formula is C15H24. The summed E-state index contributed by atoms with van der Waals surface area (Å²) in [7, 11) is 0. The maximum absolute atomic E-state index is 2.36. The Balaban J connectivity index is 2.59. The zero-order valence-electron chi connectivity index (χ0n) is 10.8. The molecule has 0 radical (unpaired) electrons. The molecule has 1 unspecified atom stereocenters. The zero-order valence-corrected chi connectivity index (χ0v) is 10.8. The van der Waals surface area contributed by atoms with Crippen LogP contribution in [0.4, 0.5) is 0 Å². The average molecular weight is 204 g/mol. The van der Waals surface area contributed by atoms with Gasteiger partial charge >= 0.3 is 0 Å². The minimum Gasteiger partial charge on any atom is -0.0622 e. The van der Waals surface area contributed by atoms with Gasteiger partial charge in [0.15, 0.2) is 0 Å². The van der Waals surface area contributed by atoms with E-state index in [9.17, 15) is 0 Å². The molecule has 1 aromatic carbocycles. The van der Waals surface area contributed by atoms with Crippen LogP contribution in [-0.2, 0) is 6.42 Å². The van der Waals surface area contributed by atoms with Gasteiger partial charge in [0.2, 0.25) is 0 Å². The van der Waals surface area contributed by atoms with E-state index >= 15 is 0 Å². The van der Waals surface area contributed by atoms with Gasteiger partial charge < -0.3 is 0 Å². The molecular weight excluding hydrogens is 180 g/mol. The zero-order chi connectivity index (χ0) is 11.5. The molecule has 84 valence electrons. The first-order valence-corrected chi connectivity index (χ1v) is 5.93. The minimum absolute atomic E-state index is 0.447. The van der Waals surface area contributed by atoms with Crippen LogP contribution in [0.25, 0.3) is 0 Å². The van der Waals surface area contributed by atoms with E-state index in [2.05, 4.69) is 58.9 Å². The van der Waals surface area contributed by atoms with Gasteiger partial charge in [-0.2, -0.15) is 0 Å². The summed E-state index contributed by atoms with van der Waals surface area (Å²) in [6.45, 7) is 11.5. The summed E-state index contributed by atoms with van der Waals surface area (Å²) in [5, 5.41) is 0. The number of rotatable bonds is 3. The van der Waals surface area contributed by atoms with Crippen LogP contribution in [0, 0.1) is 18.3 Å². The lowest BCUT2D eigenvalue weighted by Gasteiger charge is -2.23. The highest BCUT2D eigenvalue weighted by Crippen LogP contribution is 2.26. The molecule has 0 heterocycles. The summed E-state index contributed by atoms with van der Waals surface area (Å²) in [5.41, 5.74) is 3.38. The quantitative estimate of drug-likeness (QED) is 0.674. The Labute approximate surface area is 94.7 Å². The molecule has 0 nitrogen and oxygen atoms in total. The van der Waals surface area contributed by atoms with Crippen LogP contribution < -0.4 is 0 Å². The largest absolute Gasteiger partial charge is 0.0622 e. The van der Waals surface area contributed by atoms with Crippen LogP contribution in [0.2, 0.25) is 0 Å². The number of hydrogen-bond acceptors (Lipinski definition) is 0. The molecule has 1 aromatic rings. The van der Waals surface area contributed by atoms with E-state index in [1.807, 2.05) is 0 Å². The molecule has 0 N–H and O–H groups in total. The Morgan fingerprint density at radius 3 is 2.27 bits per heavy atom. The fourth-order valence-electron chi connectivity index (χ4n) is 2.33. The molecule has 15 heavy (non-hydrogen) atoms. The highest BCUT2D eigenvalue weighted by atomic mass is 14.2. The van der Waals surface area contributed by atoms with Crippen molar-refractivity contribution in [2.75, 3.05) is 0 Å². The maximum Gasteiger partial charge on any atom is -0.0250 e. The van der Waals surface area contributed by atoms with Crippen molar-refractivity contribution >= 4 is 0 Å². The third-order valence-corrected chi connectivity index (χ3v) is 2.79. The molecule has 0 saturated carbocycles. The summed E-state index contributed by atoms with van der Waals surface area (Å²) in [5.74, 6) is 0.770. The number of hydrogen-bond donors (Lipinski definition) is 0. The Kier molecular flexibility index (Phi) is 3.96. The van der Waals surface area contributed by atoms with Crippen LogP contribution >= 0.6 is 0 Å². The van der Waals surface area contributed by atoms with E-state index in [-0.39, 0.29) is 0 Å². The molecule has 0 heteroatoms. The van der Waals surface area contributed by atoms with Crippen molar-refractivity contribution in [3.8, 4) is 0 Å². The summed E-state index contributed by atoms with van der Waals surface area (Å²) in [6, 6.07) is 8.73. The Bertz CT molecular complexity index is 304. The predicted octanol–water partition coefficient (Wildman–Crippen LogP) is 4.61. The van der Waals surface area contributed by atoms with Crippen LogP contribution in [-0.4, -0.2) is 0 Å². The Morgan fingerprint density at radius 2 is 1.73 bits per heavy atom. The van der Waals surface area contributed by atoms with E-state index < -0.39 is 0 Å². The third kappa shape index (κ3) is 4.51. The highest BCUT2D eigenvalue weighted by molar-refractivity contribution is 5.25. The minimum atomic E-state index is 0.447. The highest BCUT2D eigenvalue weighted by Gasteiger charge is 2.15. The third-order valence-electron chi connectivity index (χ3n) is 2.79. The van der Waals surface area contributed by atoms with Crippen molar-refractivity contribution in [1.82, 2.24) is 0 Å². The topological polar surface area (TPSA) is 0 Å². The summed E-state index contributed by atoms with van der Waals surface area (Å²) in [6.07, 6.45) is 2.51. The van der Waals surface area contributed by atoms with Gasteiger partial charge in [-0.05, 0) is 42.2 Å². The van der Waals surface area contributed by atoms with E-state index in [4.69, 9.17) is 0 Å². The van der Waals surface area contributed by atoms with Crippen molar-refractivity contribution in [3.05, 3.63) is 35.4 Å². The molecule has 1 atom stereocenters. The first-order valence-electron chi connectivity index (χ1n) is 5.93. The second-order valence-electron chi connectivity index (χ2n) is 6.00. The predicted molar refractivity (Wildman–Crippen MR) is 68.1 cm³/mol. The summed E-state index contributed by atoms with van der Waals surface area (Å²) < 4.78 is 0. The normalized spacial score (nSPS) is 13.9. The smallest absolute Gasteiger partial charge is 0.0250 e. The molecule has 0 bridgehead atoms. The van der Waals surface area contributed by atoms with Gasteiger partial charge in [-0.15, -0.1) is 0 Å². The molecule has 0 aliphatic heterocycles. The lowest BCUT2D eigenvalue weighted by atomic mass is 9.82. The Morgan fingerprint density at radius 1 is 1.13 bits per heavy atom. The molecule has 1 rings (SSSR count). The van der Waals surface area contributed by atoms with Crippen molar-refractivity contribution in [2.45, 2.75) is 47.5 Å². The van der Waals surface area contributed by atoms with Gasteiger partial charge in [0.1, 0.15) is 0 Å². The van der Waals surface area contributed by atoms with Gasteiger partial charge in [0.05, 0.1) is 0 Å². The molecule has 0 spiro atoms. The van der Waals surface area contributed by atoms with Gasteiger partial charge in [0, 0.05) is 0 Å². The van der Waals surface area contributed by atoms with Crippen molar-refractivity contribution in [3.63, 3.8) is 0 Å². The van der Waals surface area contributed by atoms with Crippen molar-refractivity contribution in [1.29, 1.82) is 0 Å². The lowest BCUT2D eigenvalue weighted by Crippen LogP contribution is -2.13. The second kappa shape index (κ2) is 4.83. The fourth-order valence-corrected chi connectivity index (χ4v) is 2.33. The van der Waals surface area contributed by atoms with Crippen LogP contribution in [0.15, 0.2) is 24.3 Å². The standard InChI is InChI=1S/C15H24/c1-12(11-15(3,4)5)10-14-9-7-6-8-13(14)2/h6-9,12H,10-11H2,1-5H3. The molecule has 0 aromatic heterocycles. The first-order chi connectivity index (χ1) is 6.88. The van der Waals surface area contributed by atoms with Gasteiger partial charge in [-0.1, -0.05) is 52.0 Å². The number of benzene rings is 1. The molecule has 0 aliphatic rings. The monoisotopic (exact) mass is 204 g/mol. The Hall–Kier alpha value is -0.780. The van der Waals surface area contributed by atoms with Crippen LogP contribution in [0.3, 0.4) is 0 Å². The SMILES string of the molecule is Cc1ccccc1CC(C)CC(C)(C)C. The first kappa shape index (κ1) is 12.3. The van der Waals surface area contributed by atoms with E-state index in [1.165, 1.54) is 24.0 Å². The van der Waals surface area contributed by atoms with Gasteiger partial charge in [-0.25, -0.2) is 0 Å². The average Bonchev–Trinajstić information content (AvgIpc) is 2.05. The second-order valence-corrected chi connectivity index (χ2v) is 6.00. The van der Waals surface area contributed by atoms with Gasteiger partial charge in [-0.3, -0.25) is 0 Å². The summed E-state index contributed by atoms with van der Waals surface area (Å²) in [4.78, 5) is 0. The van der Waals surface area contributed by atoms with Crippen molar-refractivity contribution in [2.24, 2.45) is 11.3 Å². The van der Waals surface area contributed by atoms with Crippen molar-refractivity contribution < 1.29 is 0 Å². The van der Waals surface area contributed by atoms with Crippen LogP contribution in [0.5, 0.6) is 0 Å². The maximum atomic E-state index is 2.36. The van der Waals surface area contributed by atoms with E-state index in [1.54, 1.807) is 0 Å². The van der Waals surface area contributed by atoms with Crippen LogP contribution in [0.1, 0.15) is 45.2 Å². The number of aryl methyl sites for hydroxylation is 1. The fraction of sp³-hybridized carbons (Fsp3) is 0.600. The van der Waals surface area contributed by atoms with E-state index in [0.29, 0.717) is 5.41 Å². The summed E-state index contributed by atoms with van der Waals surface area (Å²) >= 11 is 0.